The van der Waals surface area contributed by atoms with E-state index in [1.165, 1.54) is 14.0 Å². The molecule has 7 nitrogen and oxygen atoms in total. The van der Waals surface area contributed by atoms with Gasteiger partial charge in [-0.05, 0) is 42.8 Å². The number of nitrogens with zero attached hydrogens (tertiary/aromatic N) is 1. The van der Waals surface area contributed by atoms with E-state index < -0.39 is 18.5 Å². The molecule has 0 fully saturated rings. The average molecular weight is 380 g/mol. The Kier molecular flexibility index (Phi) is 7.28. The minimum absolute atomic E-state index is 0.125. The number of benzene rings is 2. The zero-order valence-corrected chi connectivity index (χ0v) is 15.7. The molecule has 7 heteroatoms. The number of methoxy groups -OCH3 is 1. The van der Waals surface area contributed by atoms with Crippen LogP contribution in [0, 0.1) is 11.3 Å². The Morgan fingerprint density at radius 3 is 2.43 bits per heavy atom. The molecule has 1 amide bonds. The number of amides is 1. The number of hydrogen-bond donors (Lipinski definition) is 1. The molecular weight excluding hydrogens is 360 g/mol. The van der Waals surface area contributed by atoms with Crippen LogP contribution in [0.5, 0.6) is 5.75 Å². The lowest BCUT2D eigenvalue weighted by molar-refractivity contribution is -0.146. The van der Waals surface area contributed by atoms with Crippen LogP contribution in [-0.4, -0.2) is 31.4 Å². The molecule has 1 N–H and O–H groups in total. The number of ketones is 1. The zero-order chi connectivity index (χ0) is 20.5. The summed E-state index contributed by atoms with van der Waals surface area (Å²) in [6, 6.07) is 13.7. The second-order valence-electron chi connectivity index (χ2n) is 6.00. The number of Topliss-reactive ketones (excluding diaryl/α,β-unsaturated/α-hetero) is 1. The first-order valence-electron chi connectivity index (χ1n) is 8.52. The minimum Gasteiger partial charge on any atom is -0.496 e. The highest BCUT2D eigenvalue weighted by Crippen LogP contribution is 2.21. The number of carbonyl (C=O) groups is 3. The maximum atomic E-state index is 12.1. The van der Waals surface area contributed by atoms with Crippen molar-refractivity contribution in [3.8, 4) is 11.8 Å². The van der Waals surface area contributed by atoms with Gasteiger partial charge < -0.3 is 14.8 Å². The van der Waals surface area contributed by atoms with Gasteiger partial charge in [0.15, 0.2) is 12.4 Å². The quantitative estimate of drug-likeness (QED) is 0.558. The Morgan fingerprint density at radius 1 is 1.11 bits per heavy atom. The lowest BCUT2D eigenvalue weighted by Gasteiger charge is -2.10. The Hall–Kier alpha value is -3.66. The molecule has 0 spiro atoms. The zero-order valence-electron chi connectivity index (χ0n) is 15.7. The first-order valence-corrected chi connectivity index (χ1v) is 8.52. The second-order valence-corrected chi connectivity index (χ2v) is 6.00. The molecule has 0 aliphatic rings. The number of ether oxygens (including phenoxy) is 2. The third-order valence-electron chi connectivity index (χ3n) is 3.91. The van der Waals surface area contributed by atoms with E-state index >= 15 is 0 Å². The molecule has 28 heavy (non-hydrogen) atoms. The lowest BCUT2D eigenvalue weighted by atomic mass is 10.0. The molecule has 0 atom stereocenters. The van der Waals surface area contributed by atoms with Crippen molar-refractivity contribution in [1.82, 2.24) is 0 Å². The topological polar surface area (TPSA) is 105 Å². The van der Waals surface area contributed by atoms with E-state index in [-0.39, 0.29) is 12.2 Å². The fourth-order valence-corrected chi connectivity index (χ4v) is 2.48. The fraction of sp³-hybridized carbons (Fsp3) is 0.238. The van der Waals surface area contributed by atoms with Gasteiger partial charge in [-0.3, -0.25) is 14.4 Å². The van der Waals surface area contributed by atoms with Gasteiger partial charge in [-0.2, -0.15) is 5.26 Å². The summed E-state index contributed by atoms with van der Waals surface area (Å²) < 4.78 is 10.2. The molecule has 144 valence electrons. The standard InChI is InChI=1S/C21H20N2O5/c1-14(24)16-5-8-19(27-2)17(11-16)12-21(26)28-13-20(25)23-18-6-3-15(4-7-18)9-10-22/h3-8,11H,9,12-13H2,1-2H3,(H,23,25). The van der Waals surface area contributed by atoms with Crippen LogP contribution in [-0.2, 0) is 27.2 Å². The molecule has 2 aromatic rings. The summed E-state index contributed by atoms with van der Waals surface area (Å²) in [5, 5.41) is 11.3. The number of anilines is 1. The van der Waals surface area contributed by atoms with Gasteiger partial charge in [0.2, 0.25) is 0 Å². The van der Waals surface area contributed by atoms with Crippen LogP contribution in [0.2, 0.25) is 0 Å². The minimum atomic E-state index is -0.612. The van der Waals surface area contributed by atoms with Crippen molar-refractivity contribution < 1.29 is 23.9 Å². The van der Waals surface area contributed by atoms with Crippen molar-refractivity contribution >= 4 is 23.3 Å². The Morgan fingerprint density at radius 2 is 1.82 bits per heavy atom. The monoisotopic (exact) mass is 380 g/mol. The van der Waals surface area contributed by atoms with E-state index in [1.54, 1.807) is 42.5 Å². The van der Waals surface area contributed by atoms with E-state index in [0.29, 0.717) is 29.0 Å². The molecule has 0 bridgehead atoms. The Balaban J connectivity index is 1.90. The fourth-order valence-electron chi connectivity index (χ4n) is 2.48. The highest BCUT2D eigenvalue weighted by molar-refractivity contribution is 5.95. The number of hydrogen-bond acceptors (Lipinski definition) is 6. The van der Waals surface area contributed by atoms with Gasteiger partial charge in [-0.1, -0.05) is 12.1 Å². The third-order valence-corrected chi connectivity index (χ3v) is 3.91. The number of nitriles is 1. The van der Waals surface area contributed by atoms with Gasteiger partial charge in [0.05, 0.1) is 26.0 Å². The van der Waals surface area contributed by atoms with Gasteiger partial charge >= 0.3 is 5.97 Å². The third kappa shape index (κ3) is 5.95. The van der Waals surface area contributed by atoms with Crippen molar-refractivity contribution in [2.24, 2.45) is 0 Å². The van der Waals surface area contributed by atoms with Gasteiger partial charge in [-0.25, -0.2) is 0 Å². The van der Waals surface area contributed by atoms with E-state index in [4.69, 9.17) is 14.7 Å². The van der Waals surface area contributed by atoms with Crippen molar-refractivity contribution in [2.75, 3.05) is 19.0 Å². The number of carbonyl (C=O) groups excluding carboxylic acids is 3. The Bertz CT molecular complexity index is 913. The molecule has 0 aromatic heterocycles. The van der Waals surface area contributed by atoms with Crippen molar-refractivity contribution in [3.63, 3.8) is 0 Å². The molecule has 0 heterocycles. The van der Waals surface area contributed by atoms with E-state index in [2.05, 4.69) is 5.32 Å². The van der Waals surface area contributed by atoms with E-state index in [9.17, 15) is 14.4 Å². The van der Waals surface area contributed by atoms with Crippen LogP contribution >= 0.6 is 0 Å². The molecule has 0 saturated carbocycles. The molecule has 0 aliphatic heterocycles. The first-order chi connectivity index (χ1) is 13.4. The highest BCUT2D eigenvalue weighted by Gasteiger charge is 2.14. The van der Waals surface area contributed by atoms with Gasteiger partial charge in [0.1, 0.15) is 5.75 Å². The molecule has 2 aromatic carbocycles. The van der Waals surface area contributed by atoms with Crippen LogP contribution in [0.25, 0.3) is 0 Å². The van der Waals surface area contributed by atoms with Crippen LogP contribution in [0.15, 0.2) is 42.5 Å². The average Bonchev–Trinajstić information content (AvgIpc) is 2.68. The van der Waals surface area contributed by atoms with E-state index in [0.717, 1.165) is 5.56 Å². The summed E-state index contributed by atoms with van der Waals surface area (Å²) in [5.41, 5.74) is 2.35. The SMILES string of the molecule is COc1ccc(C(C)=O)cc1CC(=O)OCC(=O)Nc1ccc(CC#N)cc1. The molecular formula is C21H20N2O5. The van der Waals surface area contributed by atoms with Gasteiger partial charge in [-0.15, -0.1) is 0 Å². The largest absolute Gasteiger partial charge is 0.496 e. The summed E-state index contributed by atoms with van der Waals surface area (Å²) in [4.78, 5) is 35.5. The highest BCUT2D eigenvalue weighted by atomic mass is 16.5. The normalized spacial score (nSPS) is 9.89. The number of rotatable bonds is 8. The molecule has 0 saturated heterocycles. The lowest BCUT2D eigenvalue weighted by Crippen LogP contribution is -2.21. The van der Waals surface area contributed by atoms with Crippen molar-refractivity contribution in [1.29, 1.82) is 5.26 Å². The summed E-state index contributed by atoms with van der Waals surface area (Å²) in [6.45, 7) is 0.995. The smallest absolute Gasteiger partial charge is 0.310 e. The van der Waals surface area contributed by atoms with Crippen LogP contribution in [0.4, 0.5) is 5.69 Å². The Labute approximate surface area is 162 Å². The molecule has 2 rings (SSSR count). The predicted octanol–water partition coefficient (Wildman–Crippen LogP) is 2.69. The number of nitrogens with one attached hydrogen (secondary N) is 1. The van der Waals surface area contributed by atoms with Crippen molar-refractivity contribution in [2.45, 2.75) is 19.8 Å². The summed E-state index contributed by atoms with van der Waals surface area (Å²) in [6.07, 6.45) is 0.167. The predicted molar refractivity (Wildman–Crippen MR) is 102 cm³/mol. The summed E-state index contributed by atoms with van der Waals surface area (Å²) in [5.74, 6) is -0.759. The summed E-state index contributed by atoms with van der Waals surface area (Å²) >= 11 is 0. The maximum Gasteiger partial charge on any atom is 0.310 e. The summed E-state index contributed by atoms with van der Waals surface area (Å²) in [7, 11) is 1.47. The molecule has 0 unspecified atom stereocenters. The van der Waals surface area contributed by atoms with Crippen LogP contribution < -0.4 is 10.1 Å². The molecule has 0 radical (unpaired) electrons. The second kappa shape index (κ2) is 9.88. The van der Waals surface area contributed by atoms with E-state index in [1.807, 2.05) is 6.07 Å². The van der Waals surface area contributed by atoms with Gasteiger partial charge in [0.25, 0.3) is 5.91 Å². The first kappa shape index (κ1) is 20.6. The van der Waals surface area contributed by atoms with Crippen LogP contribution in [0.1, 0.15) is 28.4 Å². The van der Waals surface area contributed by atoms with Crippen LogP contribution in [0.3, 0.4) is 0 Å². The number of esters is 1. The molecule has 0 aliphatic carbocycles. The maximum absolute atomic E-state index is 12.1. The van der Waals surface area contributed by atoms with Gasteiger partial charge in [0, 0.05) is 16.8 Å². The van der Waals surface area contributed by atoms with Crippen molar-refractivity contribution in [3.05, 3.63) is 59.2 Å².